The number of hydrogen-bond donors (Lipinski definition) is 2. The lowest BCUT2D eigenvalue weighted by Crippen LogP contribution is -2.16. The number of hydrazone groups is 1. The molecule has 2 N–H and O–H groups in total. The van der Waals surface area contributed by atoms with Crippen LogP contribution >= 0.6 is 11.6 Å². The summed E-state index contributed by atoms with van der Waals surface area (Å²) >= 11 is 5.90. The number of aromatic amines is 1. The van der Waals surface area contributed by atoms with Crippen LogP contribution in [0.2, 0.25) is 5.02 Å². The molecular weight excluding hydrogens is 457 g/mol. The van der Waals surface area contributed by atoms with Gasteiger partial charge in [-0.25, -0.2) is 14.8 Å². The van der Waals surface area contributed by atoms with E-state index in [1.165, 1.54) is 24.4 Å². The lowest BCUT2D eigenvalue weighted by atomic mass is 10.1. The molecule has 7 nitrogen and oxygen atoms in total. The molecule has 3 aromatic carbocycles. The van der Waals surface area contributed by atoms with E-state index in [-0.39, 0.29) is 29.6 Å². The number of H-pyrrole nitrogens is 1. The summed E-state index contributed by atoms with van der Waals surface area (Å²) in [5.41, 5.74) is 4.17. The van der Waals surface area contributed by atoms with Crippen LogP contribution in [0.1, 0.15) is 16.7 Å². The van der Waals surface area contributed by atoms with Gasteiger partial charge in [0.1, 0.15) is 29.8 Å². The second-order valence-corrected chi connectivity index (χ2v) is 7.52. The number of rotatable bonds is 7. The summed E-state index contributed by atoms with van der Waals surface area (Å²) in [6.45, 7) is 0.208. The van der Waals surface area contributed by atoms with Crippen LogP contribution in [-0.4, -0.2) is 16.2 Å². The highest BCUT2D eigenvalue weighted by Gasteiger charge is 2.13. The molecule has 168 valence electrons. The van der Waals surface area contributed by atoms with Crippen molar-refractivity contribution in [3.05, 3.63) is 111 Å². The first kappa shape index (κ1) is 22.7. The number of hydrogen-bond acceptors (Lipinski definition) is 6. The van der Waals surface area contributed by atoms with Gasteiger partial charge in [0, 0.05) is 22.2 Å². The van der Waals surface area contributed by atoms with Crippen LogP contribution in [0.15, 0.2) is 82.7 Å². The summed E-state index contributed by atoms with van der Waals surface area (Å²) in [5, 5.41) is 14.1. The molecule has 4 rings (SSSR count). The van der Waals surface area contributed by atoms with Crippen LogP contribution in [0.25, 0.3) is 11.3 Å². The topological polar surface area (TPSA) is 103 Å². The normalized spacial score (nSPS) is 10.7. The number of halogens is 2. The molecule has 4 aromatic rings. The van der Waals surface area contributed by atoms with Crippen molar-refractivity contribution in [2.24, 2.45) is 5.10 Å². The molecule has 0 aliphatic carbocycles. The molecule has 34 heavy (non-hydrogen) atoms. The average Bonchev–Trinajstić information content (AvgIpc) is 2.85. The van der Waals surface area contributed by atoms with Crippen molar-refractivity contribution in [3.63, 3.8) is 0 Å². The number of aromatic nitrogens is 2. The molecule has 0 saturated carbocycles. The van der Waals surface area contributed by atoms with Crippen LogP contribution in [0.4, 0.5) is 10.3 Å². The number of nitriles is 1. The Labute approximate surface area is 199 Å². The van der Waals surface area contributed by atoms with Gasteiger partial charge in [-0.2, -0.15) is 10.4 Å². The standard InChI is InChI=1S/C25H17ClFN5O2/c26-19-9-6-16(7-10-19)15-34-22-12-20(27)11-8-18(22)14-29-32-25-30-23(17-4-2-1-3-5-17)21(13-28)24(33)31-25/h1-12,14H,15H2,(H2,30,31,32,33). The zero-order valence-electron chi connectivity index (χ0n) is 17.6. The Kier molecular flexibility index (Phi) is 6.96. The second-order valence-electron chi connectivity index (χ2n) is 7.08. The van der Waals surface area contributed by atoms with Crippen LogP contribution < -0.4 is 15.7 Å². The van der Waals surface area contributed by atoms with Crippen LogP contribution in [0, 0.1) is 17.1 Å². The van der Waals surface area contributed by atoms with E-state index in [4.69, 9.17) is 16.3 Å². The van der Waals surface area contributed by atoms with Crippen LogP contribution in [-0.2, 0) is 6.61 Å². The Hall–Kier alpha value is -4.48. The summed E-state index contributed by atoms with van der Waals surface area (Å²) < 4.78 is 19.6. The van der Waals surface area contributed by atoms with E-state index in [2.05, 4.69) is 20.5 Å². The van der Waals surface area contributed by atoms with Crippen molar-refractivity contribution in [2.45, 2.75) is 6.61 Å². The van der Waals surface area contributed by atoms with E-state index in [1.54, 1.807) is 36.4 Å². The molecule has 0 atom stereocenters. The summed E-state index contributed by atoms with van der Waals surface area (Å²) in [5.74, 6) is -0.126. The minimum absolute atomic E-state index is 0.0462. The molecule has 0 radical (unpaired) electrons. The Morgan fingerprint density at radius 3 is 2.65 bits per heavy atom. The van der Waals surface area contributed by atoms with E-state index >= 15 is 0 Å². The number of benzene rings is 3. The molecule has 0 unspecified atom stereocenters. The Balaban J connectivity index is 1.55. The van der Waals surface area contributed by atoms with Gasteiger partial charge in [-0.3, -0.25) is 9.78 Å². The molecule has 1 aromatic heterocycles. The highest BCUT2D eigenvalue weighted by atomic mass is 35.5. The second kappa shape index (κ2) is 10.4. The number of anilines is 1. The van der Waals surface area contributed by atoms with Crippen molar-refractivity contribution in [3.8, 4) is 23.1 Å². The first-order valence-electron chi connectivity index (χ1n) is 10.1. The van der Waals surface area contributed by atoms with E-state index in [0.29, 0.717) is 16.1 Å². The number of ether oxygens (including phenoxy) is 1. The van der Waals surface area contributed by atoms with Crippen molar-refractivity contribution in [2.75, 3.05) is 5.43 Å². The molecule has 0 saturated heterocycles. The highest BCUT2D eigenvalue weighted by Crippen LogP contribution is 2.21. The summed E-state index contributed by atoms with van der Waals surface area (Å²) in [6.07, 6.45) is 1.41. The first-order valence-corrected chi connectivity index (χ1v) is 10.5. The van der Waals surface area contributed by atoms with Gasteiger partial charge >= 0.3 is 0 Å². The molecule has 0 spiro atoms. The predicted octanol–water partition coefficient (Wildman–Crippen LogP) is 5.13. The third-order valence-electron chi connectivity index (χ3n) is 4.74. The van der Waals surface area contributed by atoms with Gasteiger partial charge in [-0.15, -0.1) is 0 Å². The van der Waals surface area contributed by atoms with Crippen LogP contribution in [0.5, 0.6) is 5.75 Å². The Morgan fingerprint density at radius 1 is 1.15 bits per heavy atom. The molecule has 0 fully saturated rings. The zero-order chi connectivity index (χ0) is 23.9. The maximum atomic E-state index is 13.8. The molecule has 0 aliphatic heterocycles. The van der Waals surface area contributed by atoms with Gasteiger partial charge in [0.2, 0.25) is 5.95 Å². The fraction of sp³-hybridized carbons (Fsp3) is 0.0400. The molecule has 0 amide bonds. The zero-order valence-corrected chi connectivity index (χ0v) is 18.4. The van der Waals surface area contributed by atoms with Crippen molar-refractivity contribution >= 4 is 23.8 Å². The van der Waals surface area contributed by atoms with E-state index in [1.807, 2.05) is 24.3 Å². The van der Waals surface area contributed by atoms with Crippen molar-refractivity contribution in [1.29, 1.82) is 5.26 Å². The summed E-state index contributed by atoms with van der Waals surface area (Å²) in [6, 6.07) is 21.9. The van der Waals surface area contributed by atoms with Gasteiger partial charge in [0.15, 0.2) is 0 Å². The molecule has 9 heteroatoms. The largest absolute Gasteiger partial charge is 0.488 e. The molecule has 0 bridgehead atoms. The van der Waals surface area contributed by atoms with Crippen molar-refractivity contribution < 1.29 is 9.13 Å². The monoisotopic (exact) mass is 473 g/mol. The number of nitrogens with zero attached hydrogens (tertiary/aromatic N) is 3. The van der Waals surface area contributed by atoms with Crippen molar-refractivity contribution in [1.82, 2.24) is 9.97 Å². The fourth-order valence-corrected chi connectivity index (χ4v) is 3.21. The Morgan fingerprint density at radius 2 is 1.91 bits per heavy atom. The van der Waals surface area contributed by atoms with Gasteiger partial charge in [-0.1, -0.05) is 54.1 Å². The summed E-state index contributed by atoms with van der Waals surface area (Å²) in [4.78, 5) is 19.2. The maximum Gasteiger partial charge on any atom is 0.270 e. The quantitative estimate of drug-likeness (QED) is 0.286. The predicted molar refractivity (Wildman–Crippen MR) is 128 cm³/mol. The highest BCUT2D eigenvalue weighted by molar-refractivity contribution is 6.30. The van der Waals surface area contributed by atoms with E-state index in [0.717, 1.165) is 5.56 Å². The SMILES string of the molecule is N#Cc1c(-c2ccccc2)nc(NN=Cc2ccc(F)cc2OCc2ccc(Cl)cc2)[nH]c1=O. The smallest absolute Gasteiger partial charge is 0.270 e. The van der Waals surface area contributed by atoms with E-state index in [9.17, 15) is 14.4 Å². The lowest BCUT2D eigenvalue weighted by Gasteiger charge is -2.10. The minimum Gasteiger partial charge on any atom is -0.488 e. The van der Waals surface area contributed by atoms with Gasteiger partial charge in [0.05, 0.1) is 11.9 Å². The minimum atomic E-state index is -0.595. The van der Waals surface area contributed by atoms with E-state index < -0.39 is 11.4 Å². The molecular formula is C25H17ClFN5O2. The lowest BCUT2D eigenvalue weighted by molar-refractivity contribution is 0.304. The average molecular weight is 474 g/mol. The molecule has 1 heterocycles. The number of nitrogens with one attached hydrogen (secondary N) is 2. The van der Waals surface area contributed by atoms with Gasteiger partial charge in [0.25, 0.3) is 5.56 Å². The fourth-order valence-electron chi connectivity index (χ4n) is 3.08. The van der Waals surface area contributed by atoms with Gasteiger partial charge < -0.3 is 4.74 Å². The third-order valence-corrected chi connectivity index (χ3v) is 4.99. The Bertz CT molecular complexity index is 1430. The summed E-state index contributed by atoms with van der Waals surface area (Å²) in [7, 11) is 0. The maximum absolute atomic E-state index is 13.8. The third kappa shape index (κ3) is 5.46. The first-order chi connectivity index (χ1) is 16.5. The molecule has 0 aliphatic rings. The van der Waals surface area contributed by atoms with Gasteiger partial charge in [-0.05, 0) is 29.8 Å². The van der Waals surface area contributed by atoms with Crippen LogP contribution in [0.3, 0.4) is 0 Å².